The first-order valence-electron chi connectivity index (χ1n) is 18.5. The molecular weight excluding hydrogens is 558 g/mol. The fraction of sp³-hybridized carbons (Fsp3) is 0.725. The van der Waals surface area contributed by atoms with Crippen LogP contribution in [0.2, 0.25) is 0 Å². The Balaban J connectivity index is 3.77. The lowest BCUT2D eigenvalue weighted by Gasteiger charge is -2.19. The highest BCUT2D eigenvalue weighted by Gasteiger charge is 2.17. The van der Waals surface area contributed by atoms with Crippen molar-refractivity contribution >= 4 is 5.91 Å². The van der Waals surface area contributed by atoms with Crippen LogP contribution in [0.3, 0.4) is 0 Å². The van der Waals surface area contributed by atoms with Crippen molar-refractivity contribution < 1.29 is 20.1 Å². The minimum absolute atomic E-state index is 0.132. The zero-order valence-corrected chi connectivity index (χ0v) is 29.2. The summed E-state index contributed by atoms with van der Waals surface area (Å²) in [5.41, 5.74) is 0. The van der Waals surface area contributed by atoms with E-state index in [9.17, 15) is 20.1 Å². The molecule has 260 valence electrons. The Morgan fingerprint density at radius 3 is 1.53 bits per heavy atom. The Kier molecular flexibility index (Phi) is 33.4. The molecule has 5 heteroatoms. The van der Waals surface area contributed by atoms with Crippen LogP contribution in [0.15, 0.2) is 60.8 Å². The highest BCUT2D eigenvalue weighted by Crippen LogP contribution is 2.13. The zero-order chi connectivity index (χ0) is 33.1. The second kappa shape index (κ2) is 34.9. The van der Waals surface area contributed by atoms with Gasteiger partial charge in [0.1, 0.15) is 0 Å². The van der Waals surface area contributed by atoms with Crippen molar-refractivity contribution in [2.24, 2.45) is 0 Å². The normalized spacial score (nSPS) is 14.5. The van der Waals surface area contributed by atoms with Gasteiger partial charge in [-0.3, -0.25) is 4.79 Å². The highest BCUT2D eigenvalue weighted by molar-refractivity contribution is 5.76. The standard InChI is InChI=1S/C40H71NO4/c1-3-4-5-6-7-8-9-10-12-16-19-22-25-28-31-34-39(44)38(36-42)41-40(45)35-32-29-26-23-20-17-14-11-13-15-18-21-24-27-30-33-37(2)43/h13-15,17,21,23-24,26,31,34,37-39,42-44H,3-12,16,18-20,22,25,27-30,32-33,35-36H2,1-2H3,(H,41,45)/b15-13-,17-14-,24-21-,26-23-,34-31+/t37-,38-,39+/m0/s1. The summed E-state index contributed by atoms with van der Waals surface area (Å²) < 4.78 is 0. The van der Waals surface area contributed by atoms with Crippen molar-refractivity contribution in [2.45, 2.75) is 180 Å². The third-order valence-electron chi connectivity index (χ3n) is 8.01. The van der Waals surface area contributed by atoms with Gasteiger partial charge in [-0.2, -0.15) is 0 Å². The molecule has 0 heterocycles. The van der Waals surface area contributed by atoms with E-state index in [1.807, 2.05) is 13.0 Å². The van der Waals surface area contributed by atoms with Gasteiger partial charge in [0, 0.05) is 6.42 Å². The summed E-state index contributed by atoms with van der Waals surface area (Å²) in [5.74, 6) is -0.132. The van der Waals surface area contributed by atoms with Gasteiger partial charge in [-0.25, -0.2) is 0 Å². The van der Waals surface area contributed by atoms with Gasteiger partial charge in [0.05, 0.1) is 24.9 Å². The van der Waals surface area contributed by atoms with E-state index in [1.165, 1.54) is 77.0 Å². The van der Waals surface area contributed by atoms with E-state index in [4.69, 9.17) is 0 Å². The van der Waals surface area contributed by atoms with Crippen LogP contribution in [0.5, 0.6) is 0 Å². The Bertz CT molecular complexity index is 783. The van der Waals surface area contributed by atoms with Crippen LogP contribution in [0.4, 0.5) is 0 Å². The van der Waals surface area contributed by atoms with Crippen LogP contribution < -0.4 is 5.32 Å². The molecule has 4 N–H and O–H groups in total. The van der Waals surface area contributed by atoms with Crippen molar-refractivity contribution in [3.63, 3.8) is 0 Å². The molecule has 0 bridgehead atoms. The Hall–Kier alpha value is -1.95. The van der Waals surface area contributed by atoms with E-state index in [1.54, 1.807) is 6.08 Å². The van der Waals surface area contributed by atoms with Gasteiger partial charge in [0.2, 0.25) is 5.91 Å². The second-order valence-electron chi connectivity index (χ2n) is 12.6. The van der Waals surface area contributed by atoms with Crippen LogP contribution in [-0.2, 0) is 4.79 Å². The number of hydrogen-bond acceptors (Lipinski definition) is 4. The van der Waals surface area contributed by atoms with Gasteiger partial charge < -0.3 is 20.6 Å². The summed E-state index contributed by atoms with van der Waals surface area (Å²) in [5, 5.41) is 32.1. The number of hydrogen-bond donors (Lipinski definition) is 4. The van der Waals surface area contributed by atoms with Gasteiger partial charge >= 0.3 is 0 Å². The van der Waals surface area contributed by atoms with E-state index < -0.39 is 12.1 Å². The number of carbonyl (C=O) groups excluding carboxylic acids is 1. The average Bonchev–Trinajstić information content (AvgIpc) is 3.02. The van der Waals surface area contributed by atoms with E-state index in [2.05, 4.69) is 60.8 Å². The van der Waals surface area contributed by atoms with Crippen molar-refractivity contribution in [3.05, 3.63) is 60.8 Å². The zero-order valence-electron chi connectivity index (χ0n) is 29.2. The molecule has 1 amide bonds. The van der Waals surface area contributed by atoms with E-state index in [0.717, 1.165) is 64.2 Å². The Morgan fingerprint density at radius 2 is 1.04 bits per heavy atom. The molecule has 0 spiro atoms. The van der Waals surface area contributed by atoms with Gasteiger partial charge in [-0.1, -0.05) is 145 Å². The quantitative estimate of drug-likeness (QED) is 0.0440. The molecule has 0 unspecified atom stereocenters. The summed E-state index contributed by atoms with van der Waals surface area (Å²) in [6, 6.07) is -0.660. The molecule has 0 saturated carbocycles. The monoisotopic (exact) mass is 630 g/mol. The molecule has 0 rings (SSSR count). The van der Waals surface area contributed by atoms with Gasteiger partial charge in [-0.05, 0) is 71.1 Å². The number of aliphatic hydroxyl groups excluding tert-OH is 3. The van der Waals surface area contributed by atoms with Gasteiger partial charge in [0.15, 0.2) is 0 Å². The third-order valence-corrected chi connectivity index (χ3v) is 8.01. The lowest BCUT2D eigenvalue weighted by molar-refractivity contribution is -0.122. The predicted molar refractivity (Wildman–Crippen MR) is 194 cm³/mol. The van der Waals surface area contributed by atoms with Crippen molar-refractivity contribution in [2.75, 3.05) is 6.61 Å². The molecule has 0 fully saturated rings. The van der Waals surface area contributed by atoms with Crippen molar-refractivity contribution in [1.82, 2.24) is 5.32 Å². The van der Waals surface area contributed by atoms with Crippen LogP contribution in [-0.4, -0.2) is 46.1 Å². The fourth-order valence-corrected chi connectivity index (χ4v) is 5.13. The first-order chi connectivity index (χ1) is 22.0. The molecule has 0 aliphatic carbocycles. The number of amides is 1. The SMILES string of the molecule is CCCCCCCCCCCCCCC/C=C/[C@@H](O)[C@H](CO)NC(=O)CCC/C=C\C/C=C\C/C=C\C/C=C\CCC[C@H](C)O. The Morgan fingerprint density at radius 1 is 0.600 bits per heavy atom. The molecular formula is C40H71NO4. The molecule has 45 heavy (non-hydrogen) atoms. The molecule has 0 aliphatic heterocycles. The number of carbonyl (C=O) groups is 1. The number of unbranched alkanes of at least 4 members (excludes halogenated alkanes) is 15. The largest absolute Gasteiger partial charge is 0.394 e. The maximum atomic E-state index is 12.3. The van der Waals surface area contributed by atoms with Crippen LogP contribution in [0.1, 0.15) is 162 Å². The molecule has 0 aromatic rings. The summed E-state index contributed by atoms with van der Waals surface area (Å²) in [4.78, 5) is 12.3. The van der Waals surface area contributed by atoms with Crippen molar-refractivity contribution in [1.29, 1.82) is 0 Å². The number of nitrogens with one attached hydrogen (secondary N) is 1. The van der Waals surface area contributed by atoms with Crippen LogP contribution in [0, 0.1) is 0 Å². The highest BCUT2D eigenvalue weighted by atomic mass is 16.3. The lowest BCUT2D eigenvalue weighted by Crippen LogP contribution is -2.45. The molecule has 0 aromatic heterocycles. The maximum Gasteiger partial charge on any atom is 0.220 e. The average molecular weight is 630 g/mol. The number of allylic oxidation sites excluding steroid dienone is 9. The molecule has 5 nitrogen and oxygen atoms in total. The van der Waals surface area contributed by atoms with Crippen LogP contribution in [0.25, 0.3) is 0 Å². The first-order valence-corrected chi connectivity index (χ1v) is 18.5. The number of aliphatic hydroxyl groups is 3. The van der Waals surface area contributed by atoms with Gasteiger partial charge in [0.25, 0.3) is 0 Å². The van der Waals surface area contributed by atoms with Gasteiger partial charge in [-0.15, -0.1) is 0 Å². The maximum absolute atomic E-state index is 12.3. The second-order valence-corrected chi connectivity index (χ2v) is 12.6. The lowest BCUT2D eigenvalue weighted by atomic mass is 10.0. The van der Waals surface area contributed by atoms with E-state index in [0.29, 0.717) is 6.42 Å². The summed E-state index contributed by atoms with van der Waals surface area (Å²) in [6.07, 6.45) is 45.8. The minimum atomic E-state index is -0.870. The molecule has 0 radical (unpaired) electrons. The number of rotatable bonds is 32. The molecule has 0 saturated heterocycles. The molecule has 0 aromatic carbocycles. The fourth-order valence-electron chi connectivity index (χ4n) is 5.13. The van der Waals surface area contributed by atoms with E-state index >= 15 is 0 Å². The van der Waals surface area contributed by atoms with Crippen LogP contribution >= 0.6 is 0 Å². The first kappa shape index (κ1) is 43.0. The summed E-state index contributed by atoms with van der Waals surface area (Å²) in [7, 11) is 0. The smallest absolute Gasteiger partial charge is 0.220 e. The Labute approximate surface area is 278 Å². The molecule has 3 atom stereocenters. The summed E-state index contributed by atoms with van der Waals surface area (Å²) >= 11 is 0. The predicted octanol–water partition coefficient (Wildman–Crippen LogP) is 9.98. The van der Waals surface area contributed by atoms with E-state index in [-0.39, 0.29) is 18.6 Å². The van der Waals surface area contributed by atoms with Crippen molar-refractivity contribution in [3.8, 4) is 0 Å². The molecule has 0 aliphatic rings. The summed E-state index contributed by atoms with van der Waals surface area (Å²) in [6.45, 7) is 3.82. The minimum Gasteiger partial charge on any atom is -0.394 e. The topological polar surface area (TPSA) is 89.8 Å². The third kappa shape index (κ3) is 33.2.